The molecule has 0 aromatic heterocycles. The van der Waals surface area contributed by atoms with Gasteiger partial charge in [0.15, 0.2) is 5.96 Å². The zero-order chi connectivity index (χ0) is 20.9. The molecule has 3 N–H and O–H groups in total. The van der Waals surface area contributed by atoms with Crippen molar-refractivity contribution in [1.82, 2.24) is 16.0 Å². The van der Waals surface area contributed by atoms with Crippen molar-refractivity contribution in [2.75, 3.05) is 25.9 Å². The fourth-order valence-electron chi connectivity index (χ4n) is 2.57. The summed E-state index contributed by atoms with van der Waals surface area (Å²) in [5, 5.41) is 9.45. The summed E-state index contributed by atoms with van der Waals surface area (Å²) in [6.07, 6.45) is 1.87. The molecule has 0 aliphatic rings. The second kappa shape index (κ2) is 15.1. The predicted molar refractivity (Wildman–Crippen MR) is 134 cm³/mol. The summed E-state index contributed by atoms with van der Waals surface area (Å²) in [6, 6.07) is 14.1. The van der Waals surface area contributed by atoms with Crippen LogP contribution in [0.25, 0.3) is 0 Å². The Kier molecular flexibility index (Phi) is 13.2. The van der Waals surface area contributed by atoms with E-state index in [0.29, 0.717) is 18.7 Å². The summed E-state index contributed by atoms with van der Waals surface area (Å²) in [5.74, 6) is 1.40. The smallest absolute Gasteiger partial charge is 0.251 e. The van der Waals surface area contributed by atoms with Crippen LogP contribution >= 0.6 is 35.7 Å². The van der Waals surface area contributed by atoms with Gasteiger partial charge in [-0.05, 0) is 60.6 Å². The summed E-state index contributed by atoms with van der Waals surface area (Å²) in [7, 11) is 1.73. The van der Waals surface area contributed by atoms with Crippen molar-refractivity contribution >= 4 is 47.6 Å². The number of amides is 1. The first-order chi connectivity index (χ1) is 14.1. The van der Waals surface area contributed by atoms with E-state index in [1.54, 1.807) is 30.9 Å². The average Bonchev–Trinajstić information content (AvgIpc) is 2.75. The number of benzene rings is 2. The van der Waals surface area contributed by atoms with Gasteiger partial charge in [0.1, 0.15) is 5.82 Å². The van der Waals surface area contributed by atoms with E-state index in [9.17, 15) is 9.18 Å². The molecule has 0 unspecified atom stereocenters. The van der Waals surface area contributed by atoms with Crippen LogP contribution in [0, 0.1) is 5.82 Å². The highest BCUT2D eigenvalue weighted by molar-refractivity contribution is 14.0. The van der Waals surface area contributed by atoms with Crippen LogP contribution in [0.15, 0.2) is 58.4 Å². The van der Waals surface area contributed by atoms with Crippen LogP contribution in [0.1, 0.15) is 35.7 Å². The van der Waals surface area contributed by atoms with Gasteiger partial charge in [0.25, 0.3) is 5.91 Å². The summed E-state index contributed by atoms with van der Waals surface area (Å²) in [5.41, 5.74) is 1.68. The van der Waals surface area contributed by atoms with E-state index in [4.69, 9.17) is 0 Å². The van der Waals surface area contributed by atoms with Gasteiger partial charge in [-0.15, -0.1) is 35.7 Å². The third-order valence-electron chi connectivity index (χ3n) is 4.10. The van der Waals surface area contributed by atoms with E-state index in [2.05, 4.69) is 20.9 Å². The van der Waals surface area contributed by atoms with Crippen molar-refractivity contribution in [3.8, 4) is 0 Å². The minimum Gasteiger partial charge on any atom is -0.356 e. The number of carbonyl (C=O) groups is 1. The van der Waals surface area contributed by atoms with Gasteiger partial charge in [0.2, 0.25) is 0 Å². The number of rotatable bonds is 10. The van der Waals surface area contributed by atoms with Gasteiger partial charge < -0.3 is 16.0 Å². The van der Waals surface area contributed by atoms with Crippen LogP contribution in [-0.4, -0.2) is 37.8 Å². The standard InChI is InChI=1S/C22H29FN4OS.HI/c1-3-12-25-21(28)18-7-4-6-17(15-18)16-27-22(24-2)26-13-5-14-29-20-10-8-19(23)9-11-20;/h4,6-11,15H,3,5,12-14,16H2,1-2H3,(H,25,28)(H2,24,26,27);1H. The highest BCUT2D eigenvalue weighted by atomic mass is 127. The second-order valence-corrected chi connectivity index (χ2v) is 7.63. The van der Waals surface area contributed by atoms with Crippen molar-refractivity contribution in [2.24, 2.45) is 4.99 Å². The molecule has 0 heterocycles. The molecule has 8 heteroatoms. The number of aliphatic imine (C=N–C) groups is 1. The molecule has 0 aliphatic heterocycles. The fraction of sp³-hybridized carbons (Fsp3) is 0.364. The van der Waals surface area contributed by atoms with Crippen LogP contribution in [-0.2, 0) is 6.54 Å². The molecule has 0 bridgehead atoms. The maximum Gasteiger partial charge on any atom is 0.251 e. The first-order valence-electron chi connectivity index (χ1n) is 9.82. The van der Waals surface area contributed by atoms with Gasteiger partial charge in [-0.3, -0.25) is 9.79 Å². The molecule has 5 nitrogen and oxygen atoms in total. The maximum atomic E-state index is 12.9. The van der Waals surface area contributed by atoms with Crippen molar-refractivity contribution < 1.29 is 9.18 Å². The Labute approximate surface area is 199 Å². The minimum atomic E-state index is -0.210. The van der Waals surface area contributed by atoms with E-state index in [0.717, 1.165) is 41.6 Å². The van der Waals surface area contributed by atoms with Crippen LogP contribution in [0.4, 0.5) is 4.39 Å². The molecule has 0 saturated carbocycles. The lowest BCUT2D eigenvalue weighted by molar-refractivity contribution is 0.0953. The minimum absolute atomic E-state index is 0. The van der Waals surface area contributed by atoms with E-state index in [1.807, 2.05) is 31.2 Å². The Balaban J connectivity index is 0.00000450. The van der Waals surface area contributed by atoms with Gasteiger partial charge >= 0.3 is 0 Å². The fourth-order valence-corrected chi connectivity index (χ4v) is 3.42. The van der Waals surface area contributed by atoms with Gasteiger partial charge in [0.05, 0.1) is 0 Å². The largest absolute Gasteiger partial charge is 0.356 e. The zero-order valence-electron chi connectivity index (χ0n) is 17.4. The Bertz CT molecular complexity index is 802. The number of guanidine groups is 1. The second-order valence-electron chi connectivity index (χ2n) is 6.46. The van der Waals surface area contributed by atoms with E-state index < -0.39 is 0 Å². The lowest BCUT2D eigenvalue weighted by atomic mass is 10.1. The molecule has 0 fully saturated rings. The number of nitrogens with one attached hydrogen (secondary N) is 3. The Morgan fingerprint density at radius 1 is 1.07 bits per heavy atom. The number of halogens is 2. The Hall–Kier alpha value is -1.81. The van der Waals surface area contributed by atoms with Crippen LogP contribution in [0.5, 0.6) is 0 Å². The normalized spacial score (nSPS) is 10.8. The summed E-state index contributed by atoms with van der Waals surface area (Å²) in [6.45, 7) is 4.07. The monoisotopic (exact) mass is 544 g/mol. The molecular weight excluding hydrogens is 514 g/mol. The number of carbonyl (C=O) groups excluding carboxylic acids is 1. The number of hydrogen-bond acceptors (Lipinski definition) is 3. The average molecular weight is 544 g/mol. The van der Waals surface area contributed by atoms with Gasteiger partial charge in [-0.1, -0.05) is 19.1 Å². The first kappa shape index (κ1) is 26.2. The van der Waals surface area contributed by atoms with Gasteiger partial charge in [0, 0.05) is 37.1 Å². The predicted octanol–water partition coefficient (Wildman–Crippen LogP) is 4.43. The van der Waals surface area contributed by atoms with Gasteiger partial charge in [-0.25, -0.2) is 4.39 Å². The molecule has 30 heavy (non-hydrogen) atoms. The third-order valence-corrected chi connectivity index (χ3v) is 5.20. The number of hydrogen-bond donors (Lipinski definition) is 3. The highest BCUT2D eigenvalue weighted by Gasteiger charge is 2.06. The van der Waals surface area contributed by atoms with Crippen molar-refractivity contribution in [3.05, 3.63) is 65.5 Å². The topological polar surface area (TPSA) is 65.5 Å². The van der Waals surface area contributed by atoms with Crippen LogP contribution in [0.2, 0.25) is 0 Å². The molecule has 0 atom stereocenters. The molecule has 164 valence electrons. The molecule has 0 radical (unpaired) electrons. The molecular formula is C22H30FIN4OS. The molecule has 2 rings (SSSR count). The SMILES string of the molecule is CCCNC(=O)c1cccc(CNC(=NC)NCCCSc2ccc(F)cc2)c1.I. The van der Waals surface area contributed by atoms with Crippen LogP contribution < -0.4 is 16.0 Å². The van der Waals surface area contributed by atoms with E-state index >= 15 is 0 Å². The first-order valence-corrected chi connectivity index (χ1v) is 10.8. The number of nitrogens with zero attached hydrogens (tertiary/aromatic N) is 1. The quantitative estimate of drug-likeness (QED) is 0.136. The molecule has 2 aromatic rings. The third kappa shape index (κ3) is 9.80. The lowest BCUT2D eigenvalue weighted by Crippen LogP contribution is -2.37. The molecule has 1 amide bonds. The Morgan fingerprint density at radius 2 is 1.83 bits per heavy atom. The number of thioether (sulfide) groups is 1. The van der Waals surface area contributed by atoms with Gasteiger partial charge in [-0.2, -0.15) is 0 Å². The zero-order valence-corrected chi connectivity index (χ0v) is 20.6. The Morgan fingerprint density at radius 3 is 2.53 bits per heavy atom. The van der Waals surface area contributed by atoms with Crippen LogP contribution in [0.3, 0.4) is 0 Å². The molecule has 2 aromatic carbocycles. The summed E-state index contributed by atoms with van der Waals surface area (Å²) >= 11 is 1.70. The van der Waals surface area contributed by atoms with Crippen molar-refractivity contribution in [3.63, 3.8) is 0 Å². The van der Waals surface area contributed by atoms with E-state index in [-0.39, 0.29) is 35.7 Å². The molecule has 0 saturated heterocycles. The lowest BCUT2D eigenvalue weighted by Gasteiger charge is -2.12. The highest BCUT2D eigenvalue weighted by Crippen LogP contribution is 2.18. The maximum absolute atomic E-state index is 12.9. The summed E-state index contributed by atoms with van der Waals surface area (Å²) in [4.78, 5) is 17.4. The molecule has 0 spiro atoms. The summed E-state index contributed by atoms with van der Waals surface area (Å²) < 4.78 is 12.9. The van der Waals surface area contributed by atoms with Crippen molar-refractivity contribution in [2.45, 2.75) is 31.2 Å². The molecule has 0 aliphatic carbocycles. The van der Waals surface area contributed by atoms with E-state index in [1.165, 1.54) is 12.1 Å². The van der Waals surface area contributed by atoms with Crippen molar-refractivity contribution in [1.29, 1.82) is 0 Å².